The maximum Gasteiger partial charge on any atom is 0.306 e. The molecule has 0 aromatic rings. The highest BCUT2D eigenvalue weighted by Gasteiger charge is 2.19. The van der Waals surface area contributed by atoms with Crippen molar-refractivity contribution in [1.29, 1.82) is 0 Å². The van der Waals surface area contributed by atoms with Crippen molar-refractivity contribution in [2.24, 2.45) is 0 Å². The monoisotopic (exact) mass is 797 g/mol. The minimum atomic E-state index is -0.815. The predicted octanol–water partition coefficient (Wildman–Crippen LogP) is 10.4. The van der Waals surface area contributed by atoms with Crippen molar-refractivity contribution in [3.63, 3.8) is 0 Å². The average Bonchev–Trinajstić information content (AvgIpc) is 3.20. The summed E-state index contributed by atoms with van der Waals surface area (Å²) in [4.78, 5) is 36.7. The fourth-order valence-corrected chi connectivity index (χ4v) is 6.34. The summed E-state index contributed by atoms with van der Waals surface area (Å²) in [5, 5.41) is 18.2. The Balaban J connectivity index is 4.21. The molecule has 0 rings (SSSR count). The van der Waals surface area contributed by atoms with Crippen LogP contribution in [0.3, 0.4) is 0 Å². The van der Waals surface area contributed by atoms with Gasteiger partial charge in [-0.25, -0.2) is 0 Å². The Hall–Kier alpha value is -2.27. The van der Waals surface area contributed by atoms with Crippen LogP contribution in [0.25, 0.3) is 0 Å². The molecule has 0 amide bonds. The predicted molar refractivity (Wildman–Crippen MR) is 225 cm³/mol. The maximum absolute atomic E-state index is 12.6. The number of hydrogen-bond donors (Lipinski definition) is 2. The van der Waals surface area contributed by atoms with Gasteiger partial charge in [0.15, 0.2) is 6.10 Å². The van der Waals surface area contributed by atoms with Crippen molar-refractivity contribution >= 4 is 17.9 Å². The van der Waals surface area contributed by atoms with Crippen LogP contribution in [0.4, 0.5) is 0 Å². The van der Waals surface area contributed by atoms with E-state index in [0.717, 1.165) is 103 Å². The number of unbranched alkanes of at least 4 members (excludes halogenated alkanes) is 16. The van der Waals surface area contributed by atoms with E-state index in [-0.39, 0.29) is 63.4 Å². The molecule has 10 nitrogen and oxygen atoms in total. The Labute approximate surface area is 341 Å². The van der Waals surface area contributed by atoms with Crippen LogP contribution < -0.4 is 0 Å². The number of aliphatic hydroxyl groups excluding tert-OH is 2. The average molecular weight is 797 g/mol. The highest BCUT2D eigenvalue weighted by atomic mass is 16.6. The summed E-state index contributed by atoms with van der Waals surface area (Å²) in [6.45, 7) is 6.78. The third-order valence-electron chi connectivity index (χ3n) is 9.73. The molecule has 0 bridgehead atoms. The van der Waals surface area contributed by atoms with E-state index in [0.29, 0.717) is 26.1 Å². The molecular weight excluding hydrogens is 712 g/mol. The number of allylic oxidation sites excluding steroid dienone is 2. The Morgan fingerprint density at radius 2 is 0.911 bits per heavy atom. The molecule has 0 aliphatic rings. The van der Waals surface area contributed by atoms with E-state index < -0.39 is 12.1 Å². The van der Waals surface area contributed by atoms with Crippen molar-refractivity contribution in [2.75, 3.05) is 39.6 Å². The van der Waals surface area contributed by atoms with Crippen LogP contribution in [-0.4, -0.2) is 86.1 Å². The fraction of sp³-hybridized carbons (Fsp3) is 0.848. The van der Waals surface area contributed by atoms with E-state index in [1.807, 2.05) is 0 Å². The van der Waals surface area contributed by atoms with Crippen molar-refractivity contribution in [1.82, 2.24) is 0 Å². The Morgan fingerprint density at radius 3 is 1.38 bits per heavy atom. The van der Waals surface area contributed by atoms with Gasteiger partial charge >= 0.3 is 17.9 Å². The Morgan fingerprint density at radius 1 is 0.482 bits per heavy atom. The second-order valence-corrected chi connectivity index (χ2v) is 15.0. The van der Waals surface area contributed by atoms with Gasteiger partial charge in [-0.15, -0.1) is 0 Å². The number of ether oxygens (including phenoxy) is 5. The first-order valence-corrected chi connectivity index (χ1v) is 22.7. The highest BCUT2D eigenvalue weighted by Crippen LogP contribution is 2.15. The third kappa shape index (κ3) is 37.3. The lowest BCUT2D eigenvalue weighted by Crippen LogP contribution is -2.30. The first-order chi connectivity index (χ1) is 27.4. The van der Waals surface area contributed by atoms with Gasteiger partial charge in [0.1, 0.15) is 13.2 Å². The molecule has 56 heavy (non-hydrogen) atoms. The van der Waals surface area contributed by atoms with Gasteiger partial charge in [0.2, 0.25) is 0 Å². The normalized spacial score (nSPS) is 13.3. The number of carbonyl (C=O) groups excluding carboxylic acids is 3. The molecule has 0 aliphatic carbocycles. The summed E-state index contributed by atoms with van der Waals surface area (Å²) >= 11 is 0. The molecule has 3 unspecified atom stereocenters. The quantitative estimate of drug-likeness (QED) is 0.0266. The van der Waals surface area contributed by atoms with Crippen LogP contribution in [0, 0.1) is 0 Å². The van der Waals surface area contributed by atoms with Crippen molar-refractivity contribution in [3.05, 3.63) is 24.3 Å². The highest BCUT2D eigenvalue weighted by molar-refractivity contribution is 5.71. The van der Waals surface area contributed by atoms with Crippen LogP contribution in [0.2, 0.25) is 0 Å². The lowest BCUT2D eigenvalue weighted by molar-refractivity contribution is -0.166. The van der Waals surface area contributed by atoms with Gasteiger partial charge in [-0.2, -0.15) is 0 Å². The van der Waals surface area contributed by atoms with Crippen molar-refractivity contribution < 1.29 is 48.3 Å². The molecule has 0 saturated heterocycles. The van der Waals surface area contributed by atoms with E-state index in [4.69, 9.17) is 33.9 Å². The van der Waals surface area contributed by atoms with E-state index in [1.54, 1.807) is 6.92 Å². The van der Waals surface area contributed by atoms with Crippen LogP contribution in [0.15, 0.2) is 24.3 Å². The maximum atomic E-state index is 12.6. The molecule has 0 radical (unpaired) electrons. The van der Waals surface area contributed by atoms with Gasteiger partial charge in [0, 0.05) is 19.3 Å². The fourth-order valence-electron chi connectivity index (χ4n) is 6.34. The standard InChI is InChI=1S/C46H84O10/c1-4-7-9-23-29-41(52-37-35-47)31-25-19-15-11-13-17-21-27-33-45(50)55-40-43(39-54-44(49)6-3)56-46(51)34-28-22-18-14-12-16-20-26-32-42(53-38-36-48)30-24-10-8-5-2/h19-20,25-26,41-43,47-48H,4-18,21-24,27-40H2,1-3H3/b25-19+,26-20+. The van der Waals surface area contributed by atoms with E-state index in [9.17, 15) is 14.4 Å². The second kappa shape index (κ2) is 42.3. The summed E-state index contributed by atoms with van der Waals surface area (Å²) in [6, 6.07) is 0. The zero-order chi connectivity index (χ0) is 41.2. The molecule has 0 heterocycles. The van der Waals surface area contributed by atoms with Crippen LogP contribution in [0.1, 0.15) is 194 Å². The Bertz CT molecular complexity index is 952. The molecule has 328 valence electrons. The zero-order valence-corrected chi connectivity index (χ0v) is 36.0. The molecule has 2 N–H and O–H groups in total. The van der Waals surface area contributed by atoms with Gasteiger partial charge < -0.3 is 33.9 Å². The van der Waals surface area contributed by atoms with Gasteiger partial charge in [0.25, 0.3) is 0 Å². The lowest BCUT2D eigenvalue weighted by atomic mass is 10.1. The third-order valence-corrected chi connectivity index (χ3v) is 9.73. The smallest absolute Gasteiger partial charge is 0.306 e. The van der Waals surface area contributed by atoms with Crippen molar-refractivity contribution in [3.8, 4) is 0 Å². The van der Waals surface area contributed by atoms with Gasteiger partial charge in [-0.05, 0) is 64.2 Å². The van der Waals surface area contributed by atoms with E-state index in [1.165, 1.54) is 44.9 Å². The number of rotatable bonds is 42. The zero-order valence-electron chi connectivity index (χ0n) is 36.0. The van der Waals surface area contributed by atoms with E-state index >= 15 is 0 Å². The number of esters is 3. The van der Waals surface area contributed by atoms with Crippen LogP contribution in [-0.2, 0) is 38.1 Å². The topological polar surface area (TPSA) is 138 Å². The lowest BCUT2D eigenvalue weighted by Gasteiger charge is -2.18. The summed E-state index contributed by atoms with van der Waals surface area (Å²) in [5.74, 6) is -1.11. The largest absolute Gasteiger partial charge is 0.462 e. The van der Waals surface area contributed by atoms with Crippen LogP contribution in [0.5, 0.6) is 0 Å². The minimum Gasteiger partial charge on any atom is -0.462 e. The molecule has 10 heteroatoms. The minimum absolute atomic E-state index is 0.0597. The second-order valence-electron chi connectivity index (χ2n) is 15.0. The van der Waals surface area contributed by atoms with Gasteiger partial charge in [-0.1, -0.05) is 135 Å². The molecule has 0 saturated carbocycles. The van der Waals surface area contributed by atoms with Gasteiger partial charge in [0.05, 0.1) is 38.6 Å². The Kier molecular flexibility index (Phi) is 40.6. The first-order valence-electron chi connectivity index (χ1n) is 22.7. The molecule has 0 aromatic heterocycles. The number of hydrogen-bond acceptors (Lipinski definition) is 10. The summed E-state index contributed by atoms with van der Waals surface area (Å²) < 4.78 is 27.8. The molecule has 0 fully saturated rings. The van der Waals surface area contributed by atoms with Gasteiger partial charge in [-0.3, -0.25) is 14.4 Å². The molecule has 0 aliphatic heterocycles. The molecular formula is C46H84O10. The molecule has 3 atom stereocenters. The number of aliphatic hydroxyl groups is 2. The van der Waals surface area contributed by atoms with Crippen molar-refractivity contribution in [2.45, 2.75) is 212 Å². The number of carbonyl (C=O) groups is 3. The van der Waals surface area contributed by atoms with E-state index in [2.05, 4.69) is 38.2 Å². The summed E-state index contributed by atoms with van der Waals surface area (Å²) in [6.07, 6.45) is 34.6. The first kappa shape index (κ1) is 53.7. The SMILES string of the molecule is CCCCCCC(C/C=C/CCCCCCCC(=O)OCC(COC(=O)CC)OC(=O)CCCCCCC/C=C/CC(CCCCCC)OCCO)OCCO. The molecule has 0 aromatic carbocycles. The van der Waals surface area contributed by atoms with Crippen LogP contribution >= 0.6 is 0 Å². The molecule has 0 spiro atoms. The summed E-state index contributed by atoms with van der Waals surface area (Å²) in [5.41, 5.74) is 0. The summed E-state index contributed by atoms with van der Waals surface area (Å²) in [7, 11) is 0.